The highest BCUT2D eigenvalue weighted by molar-refractivity contribution is 5.93. The molecule has 31 heavy (non-hydrogen) atoms. The number of hydrogen-bond acceptors (Lipinski definition) is 5. The molecule has 1 unspecified atom stereocenters. The van der Waals surface area contributed by atoms with Crippen molar-refractivity contribution in [2.75, 3.05) is 42.3 Å². The minimum absolute atomic E-state index is 0.0872. The Morgan fingerprint density at radius 1 is 1.23 bits per heavy atom. The fourth-order valence-corrected chi connectivity index (χ4v) is 3.95. The number of nitrogens with zero attached hydrogens (tertiary/aromatic N) is 1. The number of alkyl halides is 3. The van der Waals surface area contributed by atoms with Gasteiger partial charge in [-0.1, -0.05) is 0 Å². The van der Waals surface area contributed by atoms with Crippen molar-refractivity contribution in [2.45, 2.75) is 31.5 Å². The number of halogens is 3. The number of carbonyl (C=O) groups is 1. The molecule has 0 aliphatic carbocycles. The zero-order valence-electron chi connectivity index (χ0n) is 17.3. The van der Waals surface area contributed by atoms with Crippen LogP contribution in [0.2, 0.25) is 0 Å². The zero-order chi connectivity index (χ0) is 22.2. The van der Waals surface area contributed by atoms with E-state index in [0.717, 1.165) is 29.7 Å². The van der Waals surface area contributed by atoms with Crippen LogP contribution in [-0.2, 0) is 9.53 Å². The number of ether oxygens (including phenoxy) is 2. The number of rotatable bonds is 4. The first-order valence-corrected chi connectivity index (χ1v) is 10.0. The molecule has 1 atom stereocenters. The van der Waals surface area contributed by atoms with Crippen molar-refractivity contribution in [2.24, 2.45) is 0 Å². The van der Waals surface area contributed by atoms with Crippen LogP contribution < -0.4 is 20.3 Å². The minimum Gasteiger partial charge on any atom is -0.491 e. The first kappa shape index (κ1) is 21.3. The third-order valence-corrected chi connectivity index (χ3v) is 5.84. The molecular formula is C22H24F3N3O3. The van der Waals surface area contributed by atoms with Gasteiger partial charge in [0, 0.05) is 43.2 Å². The van der Waals surface area contributed by atoms with Gasteiger partial charge in [0.1, 0.15) is 5.75 Å². The molecule has 2 aromatic rings. The summed E-state index contributed by atoms with van der Waals surface area (Å²) in [6.07, 6.45) is -4.22. The van der Waals surface area contributed by atoms with Gasteiger partial charge < -0.3 is 25.0 Å². The Hall–Kier alpha value is -2.94. The Morgan fingerprint density at radius 2 is 2.03 bits per heavy atom. The van der Waals surface area contributed by atoms with Crippen LogP contribution in [0.5, 0.6) is 5.75 Å². The van der Waals surface area contributed by atoms with Crippen LogP contribution in [-0.4, -0.2) is 44.5 Å². The lowest BCUT2D eigenvalue weighted by Crippen LogP contribution is -2.49. The SMILES string of the molecule is COC1(C(F)(F)F)CCN(c2ccc(Nc3ccc4c(c3)OCCC(=O)N4)c(C)c2)C1. The Kier molecular flexibility index (Phi) is 5.47. The van der Waals surface area contributed by atoms with Crippen molar-refractivity contribution in [3.63, 3.8) is 0 Å². The van der Waals surface area contributed by atoms with E-state index >= 15 is 0 Å². The second-order valence-corrected chi connectivity index (χ2v) is 7.85. The molecule has 0 saturated carbocycles. The molecule has 0 spiro atoms. The topological polar surface area (TPSA) is 62.8 Å². The molecule has 1 amide bonds. The number of hydrogen-bond donors (Lipinski definition) is 2. The van der Waals surface area contributed by atoms with Crippen LogP contribution >= 0.6 is 0 Å². The van der Waals surface area contributed by atoms with Crippen LogP contribution in [0.3, 0.4) is 0 Å². The maximum absolute atomic E-state index is 13.5. The number of nitrogens with one attached hydrogen (secondary N) is 2. The van der Waals surface area contributed by atoms with E-state index in [1.165, 1.54) is 0 Å². The van der Waals surface area contributed by atoms with E-state index in [1.807, 2.05) is 31.2 Å². The molecule has 0 radical (unpaired) electrons. The summed E-state index contributed by atoms with van der Waals surface area (Å²) < 4.78 is 50.9. The van der Waals surface area contributed by atoms with Crippen LogP contribution in [0, 0.1) is 6.92 Å². The van der Waals surface area contributed by atoms with Crippen LogP contribution in [0.15, 0.2) is 36.4 Å². The van der Waals surface area contributed by atoms with Gasteiger partial charge in [-0.2, -0.15) is 13.2 Å². The third-order valence-electron chi connectivity index (χ3n) is 5.84. The van der Waals surface area contributed by atoms with Gasteiger partial charge in [0.2, 0.25) is 5.91 Å². The average molecular weight is 435 g/mol. The van der Waals surface area contributed by atoms with Crippen molar-refractivity contribution in [3.05, 3.63) is 42.0 Å². The summed E-state index contributed by atoms with van der Waals surface area (Å²) in [6, 6.07) is 10.9. The highest BCUT2D eigenvalue weighted by Crippen LogP contribution is 2.42. The molecule has 2 N–H and O–H groups in total. The lowest BCUT2D eigenvalue weighted by molar-refractivity contribution is -0.260. The first-order chi connectivity index (χ1) is 14.7. The van der Waals surface area contributed by atoms with Crippen LogP contribution in [0.1, 0.15) is 18.4 Å². The Balaban J connectivity index is 1.50. The van der Waals surface area contributed by atoms with Gasteiger partial charge in [-0.3, -0.25) is 4.79 Å². The third kappa shape index (κ3) is 4.14. The summed E-state index contributed by atoms with van der Waals surface area (Å²) in [4.78, 5) is 13.3. The van der Waals surface area contributed by atoms with E-state index in [1.54, 1.807) is 17.0 Å². The van der Waals surface area contributed by atoms with Gasteiger partial charge >= 0.3 is 6.18 Å². The normalized spacial score (nSPS) is 21.2. The zero-order valence-corrected chi connectivity index (χ0v) is 17.3. The van der Waals surface area contributed by atoms with E-state index in [4.69, 9.17) is 9.47 Å². The van der Waals surface area contributed by atoms with Gasteiger partial charge in [-0.25, -0.2) is 0 Å². The molecule has 9 heteroatoms. The van der Waals surface area contributed by atoms with Gasteiger partial charge in [0.15, 0.2) is 5.60 Å². The van der Waals surface area contributed by atoms with Crippen LogP contribution in [0.25, 0.3) is 0 Å². The molecule has 2 aliphatic heterocycles. The molecule has 4 rings (SSSR count). The number of carbonyl (C=O) groups excluding carboxylic acids is 1. The lowest BCUT2D eigenvalue weighted by atomic mass is 10.0. The van der Waals surface area contributed by atoms with E-state index in [0.29, 0.717) is 24.5 Å². The summed E-state index contributed by atoms with van der Waals surface area (Å²) in [5.74, 6) is 0.501. The van der Waals surface area contributed by atoms with Crippen molar-refractivity contribution in [1.82, 2.24) is 0 Å². The van der Waals surface area contributed by atoms with Crippen molar-refractivity contribution < 1.29 is 27.4 Å². The van der Waals surface area contributed by atoms with E-state index in [9.17, 15) is 18.0 Å². The minimum atomic E-state index is -4.42. The number of aryl methyl sites for hydroxylation is 1. The van der Waals surface area contributed by atoms with E-state index in [-0.39, 0.29) is 25.4 Å². The molecule has 1 saturated heterocycles. The Bertz CT molecular complexity index is 996. The molecule has 0 aromatic heterocycles. The second kappa shape index (κ2) is 7.96. The smallest absolute Gasteiger partial charge is 0.419 e. The van der Waals surface area contributed by atoms with Crippen molar-refractivity contribution in [3.8, 4) is 5.75 Å². The highest BCUT2D eigenvalue weighted by atomic mass is 19.4. The summed E-state index contributed by atoms with van der Waals surface area (Å²) >= 11 is 0. The molecule has 0 bridgehead atoms. The maximum Gasteiger partial charge on any atom is 0.419 e. The Labute approximate surface area is 178 Å². The monoisotopic (exact) mass is 435 g/mol. The lowest BCUT2D eigenvalue weighted by Gasteiger charge is -2.30. The average Bonchev–Trinajstić information content (AvgIpc) is 3.09. The van der Waals surface area contributed by atoms with Gasteiger partial charge in [-0.05, 0) is 42.8 Å². The number of amides is 1. The molecule has 1 fully saturated rings. The maximum atomic E-state index is 13.5. The quantitative estimate of drug-likeness (QED) is 0.734. The number of methoxy groups -OCH3 is 1. The molecule has 2 aromatic carbocycles. The predicted octanol–water partition coefficient (Wildman–Crippen LogP) is 4.62. The highest BCUT2D eigenvalue weighted by Gasteiger charge is 2.58. The molecule has 2 heterocycles. The first-order valence-electron chi connectivity index (χ1n) is 10.0. The summed E-state index contributed by atoms with van der Waals surface area (Å²) in [5.41, 5.74) is 1.72. The standard InChI is InChI=1S/C22H24F3N3O3/c1-14-11-16(28-9-8-21(13-28,30-2)22(23,24)25)4-6-17(14)26-15-3-5-18-19(12-15)31-10-7-20(29)27-18/h3-6,11-12,26H,7-10,13H2,1-2H3,(H,27,29). The summed E-state index contributed by atoms with van der Waals surface area (Å²) in [5, 5.41) is 6.11. The van der Waals surface area contributed by atoms with Gasteiger partial charge in [-0.15, -0.1) is 0 Å². The van der Waals surface area contributed by atoms with Gasteiger partial charge in [0.25, 0.3) is 0 Å². The van der Waals surface area contributed by atoms with E-state index < -0.39 is 11.8 Å². The molecular weight excluding hydrogens is 411 g/mol. The molecule has 6 nitrogen and oxygen atoms in total. The number of fused-ring (bicyclic) bond motifs is 1. The summed E-state index contributed by atoms with van der Waals surface area (Å²) in [7, 11) is 1.12. The fourth-order valence-electron chi connectivity index (χ4n) is 3.95. The predicted molar refractivity (Wildman–Crippen MR) is 112 cm³/mol. The number of benzene rings is 2. The van der Waals surface area contributed by atoms with Crippen molar-refractivity contribution >= 4 is 28.7 Å². The largest absolute Gasteiger partial charge is 0.491 e. The fraction of sp³-hybridized carbons (Fsp3) is 0.409. The van der Waals surface area contributed by atoms with E-state index in [2.05, 4.69) is 10.6 Å². The Morgan fingerprint density at radius 3 is 2.71 bits per heavy atom. The summed E-state index contributed by atoms with van der Waals surface area (Å²) in [6.45, 7) is 2.25. The molecule has 166 valence electrons. The van der Waals surface area contributed by atoms with Crippen LogP contribution in [0.4, 0.5) is 35.9 Å². The molecule has 2 aliphatic rings. The van der Waals surface area contributed by atoms with Crippen molar-refractivity contribution in [1.29, 1.82) is 0 Å². The second-order valence-electron chi connectivity index (χ2n) is 7.85. The number of anilines is 4. The van der Waals surface area contributed by atoms with Gasteiger partial charge in [0.05, 0.1) is 25.3 Å².